The van der Waals surface area contributed by atoms with Gasteiger partial charge in [0.05, 0.1) is 6.20 Å². The Hall–Kier alpha value is -4.77. The Labute approximate surface area is 244 Å². The molecule has 0 aliphatic carbocycles. The van der Waals surface area contributed by atoms with Crippen LogP contribution in [-0.4, -0.2) is 50.7 Å². The minimum absolute atomic E-state index is 0.252. The number of rotatable bonds is 10. The molecule has 2 aromatic carbocycles. The summed E-state index contributed by atoms with van der Waals surface area (Å²) < 4.78 is 7.23. The molecule has 4 aromatic rings. The van der Waals surface area contributed by atoms with Gasteiger partial charge in [-0.1, -0.05) is 38.6 Å². The quantitative estimate of drug-likeness (QED) is 0.193. The summed E-state index contributed by atoms with van der Waals surface area (Å²) in [5.41, 5.74) is 5.18. The van der Waals surface area contributed by atoms with E-state index in [0.717, 1.165) is 48.4 Å². The Kier molecular flexibility index (Phi) is 8.77. The number of aromatic nitrogens is 4. The summed E-state index contributed by atoms with van der Waals surface area (Å²) in [5.74, 6) is 0.774. The Balaban J connectivity index is 1.32. The van der Waals surface area contributed by atoms with Gasteiger partial charge in [-0.05, 0) is 67.2 Å². The van der Waals surface area contributed by atoms with Gasteiger partial charge in [-0.15, -0.1) is 0 Å². The number of nitrogens with one attached hydrogen (secondary N) is 4. The number of ether oxygens (including phenoxy) is 1. The number of amides is 2. The first-order chi connectivity index (χ1) is 20.3. The van der Waals surface area contributed by atoms with Crippen LogP contribution in [0.2, 0.25) is 0 Å². The van der Waals surface area contributed by atoms with Crippen LogP contribution >= 0.6 is 0 Å². The summed E-state index contributed by atoms with van der Waals surface area (Å²) in [6.45, 7) is 11.4. The van der Waals surface area contributed by atoms with Gasteiger partial charge < -0.3 is 26.0 Å². The molecule has 2 aromatic heterocycles. The lowest BCUT2D eigenvalue weighted by atomic mass is 10.1. The van der Waals surface area contributed by atoms with E-state index in [4.69, 9.17) is 14.7 Å². The zero-order valence-electron chi connectivity index (χ0n) is 24.1. The van der Waals surface area contributed by atoms with E-state index in [2.05, 4.69) is 46.8 Å². The largest absolute Gasteiger partial charge is 0.381 e. The average molecular weight is 569 g/mol. The van der Waals surface area contributed by atoms with E-state index in [9.17, 15) is 9.59 Å². The average Bonchev–Trinajstić information content (AvgIpc) is 3.42. The second-order valence-corrected chi connectivity index (χ2v) is 10.6. The molecular weight excluding hydrogens is 532 g/mol. The van der Waals surface area contributed by atoms with Crippen LogP contribution in [0.15, 0.2) is 61.3 Å². The predicted molar refractivity (Wildman–Crippen MR) is 164 cm³/mol. The minimum Gasteiger partial charge on any atom is -0.381 e. The molecule has 1 fully saturated rings. The lowest BCUT2D eigenvalue weighted by Crippen LogP contribution is -2.29. The van der Waals surface area contributed by atoms with Gasteiger partial charge in [0.25, 0.3) is 5.91 Å². The van der Waals surface area contributed by atoms with Gasteiger partial charge in [0, 0.05) is 48.3 Å². The number of aryl methyl sites for hydroxylation is 1. The summed E-state index contributed by atoms with van der Waals surface area (Å²) in [6.07, 6.45) is 4.83. The number of nitrogens with zero attached hydrogens (tertiary/aromatic N) is 4. The number of carbonyl (C=O) groups is 2. The molecule has 0 unspecified atom stereocenters. The second kappa shape index (κ2) is 12.8. The minimum atomic E-state index is -0.339. The van der Waals surface area contributed by atoms with Crippen molar-refractivity contribution in [1.82, 2.24) is 19.6 Å². The molecule has 0 spiro atoms. The molecule has 2 amide bonds. The van der Waals surface area contributed by atoms with E-state index >= 15 is 0 Å². The molecule has 42 heavy (non-hydrogen) atoms. The number of fused-ring (bicyclic) bond motifs is 1. The third kappa shape index (κ3) is 6.74. The maximum absolute atomic E-state index is 13.1. The molecule has 11 heteroatoms. The van der Waals surface area contributed by atoms with E-state index in [-0.39, 0.29) is 23.8 Å². The SMILES string of the molecule is C=CC(=O)Nc1ccc(C)c(C(=O)Nc2cccc(CNc3nc(NC4CCOCC4)nc4c(C(C)C)cnn34)c2)c1. The van der Waals surface area contributed by atoms with E-state index in [0.29, 0.717) is 35.4 Å². The van der Waals surface area contributed by atoms with Crippen molar-refractivity contribution < 1.29 is 14.3 Å². The molecule has 0 atom stereocenters. The van der Waals surface area contributed by atoms with Gasteiger partial charge in [0.2, 0.25) is 17.8 Å². The number of hydrogen-bond acceptors (Lipinski definition) is 8. The van der Waals surface area contributed by atoms with Crippen molar-refractivity contribution in [3.8, 4) is 0 Å². The van der Waals surface area contributed by atoms with Crippen molar-refractivity contribution in [3.05, 3.63) is 83.6 Å². The lowest BCUT2D eigenvalue weighted by molar-refractivity contribution is -0.111. The molecule has 0 radical (unpaired) electrons. The van der Waals surface area contributed by atoms with Gasteiger partial charge in [0.1, 0.15) is 0 Å². The third-order valence-electron chi connectivity index (χ3n) is 7.14. The smallest absolute Gasteiger partial charge is 0.256 e. The first-order valence-electron chi connectivity index (χ1n) is 14.1. The summed E-state index contributed by atoms with van der Waals surface area (Å²) >= 11 is 0. The maximum Gasteiger partial charge on any atom is 0.256 e. The van der Waals surface area contributed by atoms with Crippen LogP contribution in [0, 0.1) is 6.92 Å². The summed E-state index contributed by atoms with van der Waals surface area (Å²) in [7, 11) is 0. The van der Waals surface area contributed by atoms with E-state index < -0.39 is 0 Å². The monoisotopic (exact) mass is 568 g/mol. The molecule has 1 saturated heterocycles. The van der Waals surface area contributed by atoms with E-state index in [1.165, 1.54) is 6.08 Å². The molecule has 0 saturated carbocycles. The summed E-state index contributed by atoms with van der Waals surface area (Å²) in [4.78, 5) is 34.4. The van der Waals surface area contributed by atoms with Crippen LogP contribution in [0.3, 0.4) is 0 Å². The molecule has 11 nitrogen and oxygen atoms in total. The molecule has 4 N–H and O–H groups in total. The Bertz CT molecular complexity index is 1610. The van der Waals surface area contributed by atoms with Gasteiger partial charge in [0.15, 0.2) is 5.65 Å². The molecule has 0 bridgehead atoms. The van der Waals surface area contributed by atoms with Crippen molar-refractivity contribution in [1.29, 1.82) is 0 Å². The Morgan fingerprint density at radius 1 is 1.10 bits per heavy atom. The van der Waals surface area contributed by atoms with Crippen molar-refractivity contribution in [2.45, 2.75) is 52.1 Å². The first kappa shape index (κ1) is 28.7. The number of anilines is 4. The molecule has 1 aliphatic rings. The number of hydrogen-bond donors (Lipinski definition) is 4. The van der Waals surface area contributed by atoms with Crippen LogP contribution < -0.4 is 21.3 Å². The van der Waals surface area contributed by atoms with Crippen LogP contribution in [0.1, 0.15) is 59.7 Å². The van der Waals surface area contributed by atoms with Gasteiger partial charge in [-0.25, -0.2) is 0 Å². The zero-order valence-corrected chi connectivity index (χ0v) is 24.1. The molecular formula is C31H36N8O3. The highest BCUT2D eigenvalue weighted by atomic mass is 16.5. The molecule has 5 rings (SSSR count). The fourth-order valence-corrected chi connectivity index (χ4v) is 4.78. The standard InChI is InChI=1S/C31H36N8O3/c1-5-27(40)34-24-10-9-20(4)25(16-24)29(41)35-23-8-6-7-21(15-23)17-32-31-38-30(36-22-11-13-42-14-12-22)37-28-26(19(2)3)18-33-39(28)31/h5-10,15-16,18-19,22H,1,11-14,17H2,2-4H3,(H,34,40)(H,35,41)(H2,32,36,37,38). The zero-order chi connectivity index (χ0) is 29.6. The Morgan fingerprint density at radius 2 is 1.88 bits per heavy atom. The van der Waals surface area contributed by atoms with E-state index in [1.807, 2.05) is 37.4 Å². The van der Waals surface area contributed by atoms with Crippen LogP contribution in [-0.2, 0) is 16.1 Å². The highest BCUT2D eigenvalue weighted by molar-refractivity contribution is 6.07. The third-order valence-corrected chi connectivity index (χ3v) is 7.14. The van der Waals surface area contributed by atoms with Gasteiger partial charge in [-0.2, -0.15) is 19.6 Å². The fraction of sp³-hybridized carbons (Fsp3) is 0.323. The first-order valence-corrected chi connectivity index (χ1v) is 14.1. The Morgan fingerprint density at radius 3 is 2.64 bits per heavy atom. The topological polar surface area (TPSA) is 135 Å². The van der Waals surface area contributed by atoms with E-state index in [1.54, 1.807) is 22.7 Å². The van der Waals surface area contributed by atoms with Gasteiger partial charge >= 0.3 is 0 Å². The van der Waals surface area contributed by atoms with Gasteiger partial charge in [-0.3, -0.25) is 9.59 Å². The van der Waals surface area contributed by atoms with Crippen molar-refractivity contribution in [3.63, 3.8) is 0 Å². The normalized spacial score (nSPS) is 13.6. The lowest BCUT2D eigenvalue weighted by Gasteiger charge is -2.23. The second-order valence-electron chi connectivity index (χ2n) is 10.6. The van der Waals surface area contributed by atoms with Crippen molar-refractivity contribution in [2.75, 3.05) is 34.5 Å². The van der Waals surface area contributed by atoms with Crippen LogP contribution in [0.5, 0.6) is 0 Å². The predicted octanol–water partition coefficient (Wildman–Crippen LogP) is 5.14. The highest BCUT2D eigenvalue weighted by Crippen LogP contribution is 2.24. The molecule has 3 heterocycles. The van der Waals surface area contributed by atoms with Crippen molar-refractivity contribution >= 4 is 40.7 Å². The maximum atomic E-state index is 13.1. The fourth-order valence-electron chi connectivity index (χ4n) is 4.78. The number of benzene rings is 2. The van der Waals surface area contributed by atoms with Crippen molar-refractivity contribution in [2.24, 2.45) is 0 Å². The highest BCUT2D eigenvalue weighted by Gasteiger charge is 2.19. The summed E-state index contributed by atoms with van der Waals surface area (Å²) in [5, 5.41) is 17.1. The molecule has 218 valence electrons. The van der Waals surface area contributed by atoms with Crippen LogP contribution in [0.25, 0.3) is 5.65 Å². The molecule has 1 aliphatic heterocycles. The summed E-state index contributed by atoms with van der Waals surface area (Å²) in [6, 6.07) is 13.1. The number of carbonyl (C=O) groups excluding carboxylic acids is 2. The van der Waals surface area contributed by atoms with Crippen LogP contribution in [0.4, 0.5) is 23.3 Å².